The first-order chi connectivity index (χ1) is 16.8. The highest BCUT2D eigenvalue weighted by atomic mass is 35.5. The van der Waals surface area contributed by atoms with Crippen molar-refractivity contribution in [1.82, 2.24) is 10.0 Å². The maximum atomic E-state index is 12.3. The Morgan fingerprint density at radius 2 is 1.67 bits per heavy atom. The van der Waals surface area contributed by atoms with E-state index in [1.54, 1.807) is 25.1 Å². The number of ether oxygens (including phenoxy) is 1. The Kier molecular flexibility index (Phi) is 11.4. The number of hydrogen-bond donors (Lipinski definition) is 3. The van der Waals surface area contributed by atoms with Crippen LogP contribution in [0.4, 0.5) is 0 Å². The van der Waals surface area contributed by atoms with Gasteiger partial charge in [0.2, 0.25) is 10.0 Å². The van der Waals surface area contributed by atoms with Crippen LogP contribution < -0.4 is 14.8 Å². The smallest absolute Gasteiger partial charge is 0.268 e. The molecule has 3 rings (SSSR count). The normalized spacial score (nSPS) is 11.9. The van der Waals surface area contributed by atoms with E-state index in [1.165, 1.54) is 5.56 Å². The monoisotopic (exact) mass is 532 g/mol. The molecule has 0 aliphatic heterocycles. The average molecular weight is 533 g/mol. The van der Waals surface area contributed by atoms with Gasteiger partial charge in [0.15, 0.2) is 0 Å². The Hall–Kier alpha value is -2.91. The van der Waals surface area contributed by atoms with Crippen LogP contribution in [0.25, 0.3) is 11.1 Å². The molecule has 0 bridgehead atoms. The van der Waals surface area contributed by atoms with Crippen molar-refractivity contribution >= 4 is 28.3 Å². The van der Waals surface area contributed by atoms with E-state index in [-0.39, 0.29) is 18.0 Å². The van der Waals surface area contributed by atoms with Crippen molar-refractivity contribution in [3.8, 4) is 16.9 Å². The number of hydrogen-bond acceptors (Lipinski definition) is 6. The van der Waals surface area contributed by atoms with Gasteiger partial charge in [-0.25, -0.2) is 13.1 Å². The first-order valence-electron chi connectivity index (χ1n) is 11.6. The predicted molar refractivity (Wildman–Crippen MR) is 145 cm³/mol. The van der Waals surface area contributed by atoms with E-state index in [2.05, 4.69) is 17.4 Å². The summed E-state index contributed by atoms with van der Waals surface area (Å²) in [4.78, 5) is 12.3. The molecule has 3 aromatic rings. The molecule has 7 nitrogen and oxygen atoms in total. The van der Waals surface area contributed by atoms with E-state index in [9.17, 15) is 18.3 Å². The number of aliphatic hydroxyl groups excluding tert-OH is 1. The van der Waals surface area contributed by atoms with Crippen LogP contribution >= 0.6 is 12.4 Å². The van der Waals surface area contributed by atoms with Crippen LogP contribution in [-0.4, -0.2) is 45.4 Å². The summed E-state index contributed by atoms with van der Waals surface area (Å²) in [6, 6.07) is 22.9. The van der Waals surface area contributed by atoms with Gasteiger partial charge < -0.3 is 15.2 Å². The van der Waals surface area contributed by atoms with Crippen molar-refractivity contribution in [1.29, 1.82) is 0 Å². The summed E-state index contributed by atoms with van der Waals surface area (Å²) in [6.45, 7) is 3.47. The Balaban J connectivity index is 0.00000456. The summed E-state index contributed by atoms with van der Waals surface area (Å²) in [5, 5.41) is 13.5. The molecule has 0 heterocycles. The van der Waals surface area contributed by atoms with Crippen LogP contribution in [0.5, 0.6) is 5.75 Å². The number of sulfonamides is 1. The van der Waals surface area contributed by atoms with Gasteiger partial charge in [-0.1, -0.05) is 60.7 Å². The number of halogens is 1. The van der Waals surface area contributed by atoms with Crippen molar-refractivity contribution < 1.29 is 23.1 Å². The van der Waals surface area contributed by atoms with E-state index in [1.807, 2.05) is 47.2 Å². The molecule has 3 aromatic carbocycles. The quantitative estimate of drug-likeness (QED) is 0.303. The van der Waals surface area contributed by atoms with Gasteiger partial charge in [-0.3, -0.25) is 4.79 Å². The van der Waals surface area contributed by atoms with Crippen molar-refractivity contribution in [3.05, 3.63) is 89.5 Å². The Morgan fingerprint density at radius 1 is 1.00 bits per heavy atom. The zero-order valence-corrected chi connectivity index (χ0v) is 22.1. The first-order valence-corrected chi connectivity index (χ1v) is 13.5. The first kappa shape index (κ1) is 29.3. The van der Waals surface area contributed by atoms with E-state index < -0.39 is 22.0 Å². The topological polar surface area (TPSA) is 105 Å². The number of amides is 1. The molecular formula is C27H33ClN2O5S. The number of carbonyl (C=O) groups is 1. The lowest BCUT2D eigenvalue weighted by Crippen LogP contribution is -2.29. The molecule has 36 heavy (non-hydrogen) atoms. The van der Waals surface area contributed by atoms with Crippen LogP contribution in [-0.2, 0) is 16.4 Å². The maximum absolute atomic E-state index is 12.3. The number of carbonyl (C=O) groups excluding carboxylic acids is 1. The highest BCUT2D eigenvalue weighted by molar-refractivity contribution is 7.89. The lowest BCUT2D eigenvalue weighted by Gasteiger charge is -2.13. The zero-order chi connectivity index (χ0) is 25.3. The largest absolute Gasteiger partial charge is 0.493 e. The van der Waals surface area contributed by atoms with Gasteiger partial charge >= 0.3 is 0 Å². The van der Waals surface area contributed by atoms with E-state index in [0.717, 1.165) is 42.3 Å². The maximum Gasteiger partial charge on any atom is 0.268 e. The Labute approximate surface area is 219 Å². The van der Waals surface area contributed by atoms with Crippen LogP contribution in [0.3, 0.4) is 0 Å². The molecule has 194 valence electrons. The molecule has 0 fully saturated rings. The molecule has 9 heteroatoms. The molecule has 0 spiro atoms. The summed E-state index contributed by atoms with van der Waals surface area (Å²) in [5.41, 5.74) is 4.12. The predicted octanol–water partition coefficient (Wildman–Crippen LogP) is 4.12. The summed E-state index contributed by atoms with van der Waals surface area (Å²) >= 11 is 0. The van der Waals surface area contributed by atoms with Crippen LogP contribution in [0.15, 0.2) is 72.8 Å². The second-order valence-corrected chi connectivity index (χ2v) is 10.0. The van der Waals surface area contributed by atoms with Crippen molar-refractivity contribution in [2.45, 2.75) is 25.9 Å². The molecule has 1 atom stereocenters. The third kappa shape index (κ3) is 8.95. The molecule has 0 saturated carbocycles. The summed E-state index contributed by atoms with van der Waals surface area (Å²) in [7, 11) is -3.67. The SMILES string of the molecule is CCOc1cc(-c2ccc(CCCNC[C@H](O)c3ccccc3)cc2)ccc1C(=O)NS(C)(=O)=O.Cl. The molecule has 0 saturated heterocycles. The zero-order valence-electron chi connectivity index (χ0n) is 20.4. The molecule has 0 radical (unpaired) electrons. The summed E-state index contributed by atoms with van der Waals surface area (Å²) in [6.07, 6.45) is 2.27. The number of rotatable bonds is 12. The third-order valence-corrected chi connectivity index (χ3v) is 5.99. The second kappa shape index (κ2) is 14.0. The molecule has 0 aromatic heterocycles. The minimum Gasteiger partial charge on any atom is -0.493 e. The van der Waals surface area contributed by atoms with Gasteiger partial charge in [-0.2, -0.15) is 0 Å². The third-order valence-electron chi connectivity index (χ3n) is 5.43. The second-order valence-electron chi connectivity index (χ2n) is 8.28. The van der Waals surface area contributed by atoms with Crippen molar-refractivity contribution in [3.63, 3.8) is 0 Å². The number of aliphatic hydroxyl groups is 1. The van der Waals surface area contributed by atoms with Gasteiger partial charge in [0.1, 0.15) is 5.75 Å². The standard InChI is InChI=1S/C27H32N2O5S.ClH/c1-3-34-26-18-23(15-16-24(26)27(31)29-35(2,32)33)21-13-11-20(12-14-21)8-7-17-28-19-25(30)22-9-5-4-6-10-22;/h4-6,9-16,18,25,28,30H,3,7-8,17,19H2,1-2H3,(H,29,31);1H/t25-;/m0./s1. The van der Waals surface area contributed by atoms with E-state index >= 15 is 0 Å². The van der Waals surface area contributed by atoms with Gasteiger partial charge in [0.25, 0.3) is 5.91 Å². The fourth-order valence-corrected chi connectivity index (χ4v) is 4.15. The van der Waals surface area contributed by atoms with Crippen LogP contribution in [0.1, 0.15) is 40.9 Å². The highest BCUT2D eigenvalue weighted by Gasteiger charge is 2.17. The average Bonchev–Trinajstić information content (AvgIpc) is 2.84. The number of aryl methyl sites for hydroxylation is 1. The molecule has 3 N–H and O–H groups in total. The van der Waals surface area contributed by atoms with Gasteiger partial charge in [0, 0.05) is 6.54 Å². The molecule has 0 aliphatic rings. The van der Waals surface area contributed by atoms with E-state index in [0.29, 0.717) is 18.9 Å². The van der Waals surface area contributed by atoms with Crippen LogP contribution in [0.2, 0.25) is 0 Å². The Morgan fingerprint density at radius 3 is 2.31 bits per heavy atom. The molecule has 0 unspecified atom stereocenters. The van der Waals surface area contributed by atoms with Crippen LogP contribution in [0, 0.1) is 0 Å². The fourth-order valence-electron chi connectivity index (χ4n) is 3.70. The van der Waals surface area contributed by atoms with E-state index in [4.69, 9.17) is 4.74 Å². The van der Waals surface area contributed by atoms with Gasteiger partial charge in [-0.15, -0.1) is 12.4 Å². The minimum atomic E-state index is -3.67. The lowest BCUT2D eigenvalue weighted by atomic mass is 10.00. The van der Waals surface area contributed by atoms with Gasteiger partial charge in [0.05, 0.1) is 24.5 Å². The van der Waals surface area contributed by atoms with Crippen molar-refractivity contribution in [2.75, 3.05) is 26.0 Å². The molecular weight excluding hydrogens is 500 g/mol. The summed E-state index contributed by atoms with van der Waals surface area (Å²) in [5.74, 6) is -0.387. The minimum absolute atomic E-state index is 0. The number of benzene rings is 3. The fraction of sp³-hybridized carbons (Fsp3) is 0.296. The Bertz CT molecular complexity index is 1220. The number of nitrogens with one attached hydrogen (secondary N) is 2. The molecule has 1 amide bonds. The summed E-state index contributed by atoms with van der Waals surface area (Å²) < 4.78 is 30.4. The van der Waals surface area contributed by atoms with Crippen molar-refractivity contribution in [2.24, 2.45) is 0 Å². The highest BCUT2D eigenvalue weighted by Crippen LogP contribution is 2.28. The lowest BCUT2D eigenvalue weighted by molar-refractivity contribution is 0.0978. The molecule has 0 aliphatic carbocycles. The van der Waals surface area contributed by atoms with Gasteiger partial charge in [-0.05, 0) is 60.7 Å².